The van der Waals surface area contributed by atoms with Gasteiger partial charge in [0.25, 0.3) is 0 Å². The molecule has 3 heterocycles. The van der Waals surface area contributed by atoms with Gasteiger partial charge in [-0.3, -0.25) is 0 Å². The maximum absolute atomic E-state index is 4.68. The number of pyridine rings is 1. The second kappa shape index (κ2) is 3.70. The predicted octanol–water partition coefficient (Wildman–Crippen LogP) is 1.82. The van der Waals surface area contributed by atoms with E-state index in [0.717, 1.165) is 43.0 Å². The van der Waals surface area contributed by atoms with Gasteiger partial charge in [0.2, 0.25) is 0 Å². The molecular formula is C14H21N3. The third-order valence-electron chi connectivity index (χ3n) is 4.51. The van der Waals surface area contributed by atoms with Gasteiger partial charge in [-0.2, -0.15) is 0 Å². The first-order valence-corrected chi connectivity index (χ1v) is 6.51. The molecule has 0 saturated carbocycles. The van der Waals surface area contributed by atoms with Gasteiger partial charge in [-0.05, 0) is 44.7 Å². The quantitative estimate of drug-likeness (QED) is 0.799. The summed E-state index contributed by atoms with van der Waals surface area (Å²) >= 11 is 0. The van der Waals surface area contributed by atoms with Crippen LogP contribution in [-0.2, 0) is 0 Å². The Morgan fingerprint density at radius 1 is 1.35 bits per heavy atom. The average Bonchev–Trinajstić information content (AvgIpc) is 2.81. The molecule has 1 aromatic heterocycles. The average molecular weight is 231 g/mol. The number of rotatable bonds is 1. The maximum Gasteiger partial charge on any atom is 0.129 e. The summed E-state index contributed by atoms with van der Waals surface area (Å²) in [5.41, 5.74) is 1.32. The molecule has 0 bridgehead atoms. The molecule has 0 spiro atoms. The molecule has 0 radical (unpaired) electrons. The molecule has 17 heavy (non-hydrogen) atoms. The first-order valence-electron chi connectivity index (χ1n) is 6.51. The number of aryl methyl sites for hydroxylation is 1. The number of hydrogen-bond acceptors (Lipinski definition) is 3. The Balaban J connectivity index is 1.94. The lowest BCUT2D eigenvalue weighted by atomic mass is 9.85. The van der Waals surface area contributed by atoms with Gasteiger partial charge in [0.1, 0.15) is 5.82 Å². The van der Waals surface area contributed by atoms with Crippen molar-refractivity contribution in [3.63, 3.8) is 0 Å². The van der Waals surface area contributed by atoms with Crippen molar-refractivity contribution in [2.24, 2.45) is 11.8 Å². The minimum absolute atomic E-state index is 0.217. The van der Waals surface area contributed by atoms with E-state index in [1.807, 2.05) is 0 Å². The number of nitrogens with zero attached hydrogens (tertiary/aromatic N) is 2. The molecule has 2 atom stereocenters. The van der Waals surface area contributed by atoms with Crippen LogP contribution < -0.4 is 10.2 Å². The van der Waals surface area contributed by atoms with E-state index < -0.39 is 0 Å². The molecule has 3 rings (SSSR count). The molecule has 0 amide bonds. The Hall–Kier alpha value is -1.09. The normalized spacial score (nSPS) is 30.6. The van der Waals surface area contributed by atoms with E-state index in [4.69, 9.17) is 0 Å². The van der Waals surface area contributed by atoms with Crippen molar-refractivity contribution >= 4 is 5.82 Å². The summed E-state index contributed by atoms with van der Waals surface area (Å²) in [6.07, 6.45) is 0. The van der Waals surface area contributed by atoms with Crippen molar-refractivity contribution in [3.05, 3.63) is 23.9 Å². The number of nitrogens with one attached hydrogen (secondary N) is 1. The van der Waals surface area contributed by atoms with Crippen LogP contribution in [-0.4, -0.2) is 30.2 Å². The zero-order chi connectivity index (χ0) is 12.0. The van der Waals surface area contributed by atoms with Crippen LogP contribution in [0.2, 0.25) is 0 Å². The molecule has 2 saturated heterocycles. The zero-order valence-corrected chi connectivity index (χ0v) is 10.9. The first-order chi connectivity index (χ1) is 8.09. The molecule has 3 nitrogen and oxygen atoms in total. The Morgan fingerprint density at radius 3 is 2.88 bits per heavy atom. The van der Waals surface area contributed by atoms with Gasteiger partial charge >= 0.3 is 0 Å². The fourth-order valence-corrected chi connectivity index (χ4v) is 3.49. The fourth-order valence-electron chi connectivity index (χ4n) is 3.49. The summed E-state index contributed by atoms with van der Waals surface area (Å²) in [5, 5.41) is 3.52. The molecule has 1 aromatic rings. The van der Waals surface area contributed by atoms with Crippen LogP contribution in [0.5, 0.6) is 0 Å². The van der Waals surface area contributed by atoms with Crippen molar-refractivity contribution in [3.8, 4) is 0 Å². The highest BCUT2D eigenvalue weighted by Crippen LogP contribution is 2.42. The summed E-state index contributed by atoms with van der Waals surface area (Å²) < 4.78 is 0. The number of hydrogen-bond donors (Lipinski definition) is 1. The minimum Gasteiger partial charge on any atom is -0.351 e. The molecule has 2 fully saturated rings. The lowest BCUT2D eigenvalue weighted by molar-refractivity contribution is 0.356. The van der Waals surface area contributed by atoms with Crippen LogP contribution in [0.4, 0.5) is 5.82 Å². The van der Waals surface area contributed by atoms with Gasteiger partial charge in [0.15, 0.2) is 0 Å². The van der Waals surface area contributed by atoms with E-state index >= 15 is 0 Å². The van der Waals surface area contributed by atoms with E-state index in [1.165, 1.54) is 0 Å². The van der Waals surface area contributed by atoms with Gasteiger partial charge < -0.3 is 10.2 Å². The van der Waals surface area contributed by atoms with Crippen LogP contribution in [0.25, 0.3) is 0 Å². The second-order valence-corrected chi connectivity index (χ2v) is 5.93. The van der Waals surface area contributed by atoms with Crippen LogP contribution in [0, 0.1) is 18.8 Å². The van der Waals surface area contributed by atoms with Crippen LogP contribution in [0.15, 0.2) is 18.2 Å². The van der Waals surface area contributed by atoms with E-state index in [1.54, 1.807) is 0 Å². The summed E-state index contributed by atoms with van der Waals surface area (Å²) in [5.74, 6) is 2.68. The maximum atomic E-state index is 4.68. The number of fused-ring (bicyclic) bond motifs is 1. The summed E-state index contributed by atoms with van der Waals surface area (Å²) in [6, 6.07) is 6.32. The highest BCUT2D eigenvalue weighted by atomic mass is 15.3. The fraction of sp³-hybridized carbons (Fsp3) is 0.643. The highest BCUT2D eigenvalue weighted by Gasteiger charge is 2.49. The molecule has 0 aliphatic carbocycles. The zero-order valence-electron chi connectivity index (χ0n) is 10.9. The van der Waals surface area contributed by atoms with Crippen molar-refractivity contribution in [2.75, 3.05) is 24.5 Å². The van der Waals surface area contributed by atoms with Crippen LogP contribution in [0.1, 0.15) is 19.5 Å². The first kappa shape index (κ1) is 11.0. The Labute approximate surface area is 103 Å². The Morgan fingerprint density at radius 2 is 2.18 bits per heavy atom. The number of aromatic nitrogens is 1. The summed E-state index contributed by atoms with van der Waals surface area (Å²) in [6.45, 7) is 10.2. The van der Waals surface area contributed by atoms with E-state index in [0.29, 0.717) is 0 Å². The van der Waals surface area contributed by atoms with Crippen molar-refractivity contribution in [1.29, 1.82) is 0 Å². The number of anilines is 1. The molecule has 92 valence electrons. The Kier molecular flexibility index (Phi) is 2.40. The smallest absolute Gasteiger partial charge is 0.129 e. The largest absolute Gasteiger partial charge is 0.351 e. The van der Waals surface area contributed by atoms with Crippen molar-refractivity contribution in [2.45, 2.75) is 26.3 Å². The monoisotopic (exact) mass is 231 g/mol. The second-order valence-electron chi connectivity index (χ2n) is 5.93. The van der Waals surface area contributed by atoms with Gasteiger partial charge in [-0.25, -0.2) is 4.98 Å². The van der Waals surface area contributed by atoms with E-state index in [-0.39, 0.29) is 5.54 Å². The van der Waals surface area contributed by atoms with Gasteiger partial charge in [-0.1, -0.05) is 6.07 Å². The molecule has 2 aliphatic rings. The van der Waals surface area contributed by atoms with Crippen LogP contribution in [0.3, 0.4) is 0 Å². The summed E-state index contributed by atoms with van der Waals surface area (Å²) in [4.78, 5) is 7.18. The van der Waals surface area contributed by atoms with Crippen LogP contribution >= 0.6 is 0 Å². The highest BCUT2D eigenvalue weighted by molar-refractivity contribution is 5.45. The third kappa shape index (κ3) is 1.64. The molecular weight excluding hydrogens is 210 g/mol. The predicted molar refractivity (Wildman–Crippen MR) is 70.2 cm³/mol. The standard InChI is InChI=1S/C14H21N3/c1-10-5-4-6-13(16-10)17-9-11-7-15-8-12(11)14(17,2)3/h4-6,11-12,15H,7-9H2,1-3H3. The van der Waals surface area contributed by atoms with E-state index in [2.05, 4.69) is 54.2 Å². The molecule has 3 heteroatoms. The van der Waals surface area contributed by atoms with Gasteiger partial charge in [0.05, 0.1) is 0 Å². The van der Waals surface area contributed by atoms with Crippen molar-refractivity contribution in [1.82, 2.24) is 10.3 Å². The molecule has 1 N–H and O–H groups in total. The third-order valence-corrected chi connectivity index (χ3v) is 4.51. The van der Waals surface area contributed by atoms with Crippen molar-refractivity contribution < 1.29 is 0 Å². The Bertz CT molecular complexity index is 427. The molecule has 2 aliphatic heterocycles. The van der Waals surface area contributed by atoms with Gasteiger partial charge in [-0.15, -0.1) is 0 Å². The lowest BCUT2D eigenvalue weighted by Gasteiger charge is -2.36. The topological polar surface area (TPSA) is 28.2 Å². The van der Waals surface area contributed by atoms with Gasteiger partial charge in [0, 0.05) is 30.9 Å². The minimum atomic E-state index is 0.217. The lowest BCUT2D eigenvalue weighted by Crippen LogP contribution is -2.45. The summed E-state index contributed by atoms with van der Waals surface area (Å²) in [7, 11) is 0. The van der Waals surface area contributed by atoms with E-state index in [9.17, 15) is 0 Å². The molecule has 2 unspecified atom stereocenters. The molecule has 0 aromatic carbocycles. The SMILES string of the molecule is Cc1cccc(N2CC3CNCC3C2(C)C)n1.